The Morgan fingerprint density at radius 2 is 1.40 bits per heavy atom. The maximum atomic E-state index is 5.96. The second-order valence-corrected chi connectivity index (χ2v) is 6.31. The molecule has 3 nitrogen and oxygen atoms in total. The van der Waals surface area contributed by atoms with Crippen molar-refractivity contribution < 1.29 is 0 Å². The molecule has 0 aliphatic heterocycles. The SMILES string of the molecule is CCN(CC)CCCN(CC)CC1CCCCC1CN. The molecule has 1 aliphatic carbocycles. The van der Waals surface area contributed by atoms with Crippen LogP contribution >= 0.6 is 0 Å². The lowest BCUT2D eigenvalue weighted by atomic mass is 9.79. The van der Waals surface area contributed by atoms with Gasteiger partial charge in [0.2, 0.25) is 0 Å². The summed E-state index contributed by atoms with van der Waals surface area (Å²) in [5.74, 6) is 1.63. The van der Waals surface area contributed by atoms with Gasteiger partial charge in [-0.25, -0.2) is 0 Å². The molecule has 0 amide bonds. The molecule has 1 rings (SSSR count). The molecule has 1 saturated carbocycles. The standard InChI is InChI=1S/C17H37N3/c1-4-19(5-2)12-9-13-20(6-3)15-17-11-8-7-10-16(17)14-18/h16-17H,4-15,18H2,1-3H3. The Kier molecular flexibility index (Phi) is 9.49. The minimum Gasteiger partial charge on any atom is -0.330 e. The Morgan fingerprint density at radius 1 is 0.850 bits per heavy atom. The fourth-order valence-electron chi connectivity index (χ4n) is 3.60. The number of nitrogens with zero attached hydrogens (tertiary/aromatic N) is 2. The molecule has 0 saturated heterocycles. The second kappa shape index (κ2) is 10.6. The third-order valence-corrected chi connectivity index (χ3v) is 5.15. The van der Waals surface area contributed by atoms with Gasteiger partial charge in [-0.2, -0.15) is 0 Å². The molecule has 2 unspecified atom stereocenters. The molecule has 120 valence electrons. The molecule has 0 aromatic rings. The zero-order chi connectivity index (χ0) is 14.8. The number of nitrogens with two attached hydrogens (primary N) is 1. The summed E-state index contributed by atoms with van der Waals surface area (Å²) in [4.78, 5) is 5.18. The lowest BCUT2D eigenvalue weighted by Crippen LogP contribution is -2.38. The smallest absolute Gasteiger partial charge is 0.00127 e. The highest BCUT2D eigenvalue weighted by Crippen LogP contribution is 2.29. The Morgan fingerprint density at radius 3 is 1.95 bits per heavy atom. The summed E-state index contributed by atoms with van der Waals surface area (Å²) in [5, 5.41) is 0. The van der Waals surface area contributed by atoms with Gasteiger partial charge in [0.25, 0.3) is 0 Å². The van der Waals surface area contributed by atoms with E-state index in [9.17, 15) is 0 Å². The highest BCUT2D eigenvalue weighted by molar-refractivity contribution is 4.78. The van der Waals surface area contributed by atoms with Crippen LogP contribution < -0.4 is 5.73 Å². The zero-order valence-corrected chi connectivity index (χ0v) is 14.1. The van der Waals surface area contributed by atoms with Crippen LogP contribution in [0.3, 0.4) is 0 Å². The summed E-state index contributed by atoms with van der Waals surface area (Å²) in [6, 6.07) is 0. The van der Waals surface area contributed by atoms with Gasteiger partial charge in [0.05, 0.1) is 0 Å². The van der Waals surface area contributed by atoms with E-state index in [1.165, 1.54) is 71.4 Å². The van der Waals surface area contributed by atoms with Crippen LogP contribution in [0, 0.1) is 11.8 Å². The lowest BCUT2D eigenvalue weighted by Gasteiger charge is -2.35. The van der Waals surface area contributed by atoms with Crippen LogP contribution in [0.15, 0.2) is 0 Å². The number of hydrogen-bond donors (Lipinski definition) is 1. The summed E-state index contributed by atoms with van der Waals surface area (Å²) in [5.41, 5.74) is 5.96. The topological polar surface area (TPSA) is 32.5 Å². The van der Waals surface area contributed by atoms with E-state index in [0.717, 1.165) is 18.4 Å². The molecule has 2 atom stereocenters. The third kappa shape index (κ3) is 6.11. The van der Waals surface area contributed by atoms with Crippen LogP contribution in [0.4, 0.5) is 0 Å². The van der Waals surface area contributed by atoms with E-state index in [1.54, 1.807) is 0 Å². The lowest BCUT2D eigenvalue weighted by molar-refractivity contribution is 0.153. The average Bonchev–Trinajstić information content (AvgIpc) is 2.50. The van der Waals surface area contributed by atoms with Crippen LogP contribution in [-0.4, -0.2) is 55.6 Å². The molecule has 1 aliphatic rings. The Balaban J connectivity index is 2.30. The first-order chi connectivity index (χ1) is 9.74. The molecular formula is C17H37N3. The minimum absolute atomic E-state index is 0.778. The van der Waals surface area contributed by atoms with Gasteiger partial charge in [0.15, 0.2) is 0 Å². The minimum atomic E-state index is 0.778. The molecule has 2 N–H and O–H groups in total. The summed E-state index contributed by atoms with van der Waals surface area (Å²) in [6.45, 7) is 15.0. The normalized spacial score (nSPS) is 23.7. The fourth-order valence-corrected chi connectivity index (χ4v) is 3.60. The Hall–Kier alpha value is -0.120. The molecule has 1 fully saturated rings. The molecule has 0 radical (unpaired) electrons. The Bertz CT molecular complexity index is 228. The molecular weight excluding hydrogens is 246 g/mol. The molecule has 0 aromatic heterocycles. The summed E-state index contributed by atoms with van der Waals surface area (Å²) < 4.78 is 0. The van der Waals surface area contributed by atoms with E-state index < -0.39 is 0 Å². The average molecular weight is 284 g/mol. The van der Waals surface area contributed by atoms with Crippen molar-refractivity contribution >= 4 is 0 Å². The molecule has 20 heavy (non-hydrogen) atoms. The van der Waals surface area contributed by atoms with Crippen LogP contribution in [-0.2, 0) is 0 Å². The van der Waals surface area contributed by atoms with Crippen molar-refractivity contribution in [2.24, 2.45) is 17.6 Å². The monoisotopic (exact) mass is 283 g/mol. The van der Waals surface area contributed by atoms with E-state index in [1.807, 2.05) is 0 Å². The van der Waals surface area contributed by atoms with E-state index in [2.05, 4.69) is 30.6 Å². The van der Waals surface area contributed by atoms with Crippen molar-refractivity contribution in [3.05, 3.63) is 0 Å². The third-order valence-electron chi connectivity index (χ3n) is 5.15. The first kappa shape index (κ1) is 17.9. The van der Waals surface area contributed by atoms with Crippen molar-refractivity contribution in [3.8, 4) is 0 Å². The van der Waals surface area contributed by atoms with E-state index in [0.29, 0.717) is 0 Å². The number of hydrogen-bond acceptors (Lipinski definition) is 3. The molecule has 0 bridgehead atoms. The van der Waals surface area contributed by atoms with Crippen molar-refractivity contribution in [2.45, 2.75) is 52.9 Å². The van der Waals surface area contributed by atoms with Crippen LogP contribution in [0.5, 0.6) is 0 Å². The van der Waals surface area contributed by atoms with Gasteiger partial charge >= 0.3 is 0 Å². The van der Waals surface area contributed by atoms with Crippen molar-refractivity contribution in [1.82, 2.24) is 9.80 Å². The highest BCUT2D eigenvalue weighted by Gasteiger charge is 2.25. The maximum Gasteiger partial charge on any atom is 0.00127 e. The van der Waals surface area contributed by atoms with Gasteiger partial charge in [-0.05, 0) is 70.4 Å². The zero-order valence-electron chi connectivity index (χ0n) is 14.1. The highest BCUT2D eigenvalue weighted by atomic mass is 15.1. The Labute approximate surface area is 126 Å². The van der Waals surface area contributed by atoms with Gasteiger partial charge in [0.1, 0.15) is 0 Å². The molecule has 3 heteroatoms. The van der Waals surface area contributed by atoms with E-state index >= 15 is 0 Å². The van der Waals surface area contributed by atoms with Crippen molar-refractivity contribution in [1.29, 1.82) is 0 Å². The van der Waals surface area contributed by atoms with Crippen molar-refractivity contribution in [3.63, 3.8) is 0 Å². The maximum absolute atomic E-state index is 5.96. The quantitative estimate of drug-likeness (QED) is 0.669. The van der Waals surface area contributed by atoms with Crippen LogP contribution in [0.25, 0.3) is 0 Å². The van der Waals surface area contributed by atoms with Crippen LogP contribution in [0.2, 0.25) is 0 Å². The fraction of sp³-hybridized carbons (Fsp3) is 1.00. The van der Waals surface area contributed by atoms with Crippen molar-refractivity contribution in [2.75, 3.05) is 45.8 Å². The van der Waals surface area contributed by atoms with Gasteiger partial charge < -0.3 is 15.5 Å². The summed E-state index contributed by atoms with van der Waals surface area (Å²) >= 11 is 0. The molecule has 0 heterocycles. The molecule has 0 spiro atoms. The largest absolute Gasteiger partial charge is 0.330 e. The summed E-state index contributed by atoms with van der Waals surface area (Å²) in [7, 11) is 0. The van der Waals surface area contributed by atoms with Gasteiger partial charge in [-0.15, -0.1) is 0 Å². The first-order valence-corrected chi connectivity index (χ1v) is 8.89. The molecule has 0 aromatic carbocycles. The summed E-state index contributed by atoms with van der Waals surface area (Å²) in [6.07, 6.45) is 6.87. The van der Waals surface area contributed by atoms with Gasteiger partial charge in [-0.1, -0.05) is 33.6 Å². The second-order valence-electron chi connectivity index (χ2n) is 6.31. The van der Waals surface area contributed by atoms with Crippen LogP contribution in [0.1, 0.15) is 52.9 Å². The van der Waals surface area contributed by atoms with E-state index in [4.69, 9.17) is 5.73 Å². The predicted octanol–water partition coefficient (Wildman–Crippen LogP) is 2.81. The van der Waals surface area contributed by atoms with Gasteiger partial charge in [0, 0.05) is 6.54 Å². The predicted molar refractivity (Wildman–Crippen MR) is 89.0 cm³/mol. The van der Waals surface area contributed by atoms with Gasteiger partial charge in [-0.3, -0.25) is 0 Å². The number of rotatable bonds is 10. The first-order valence-electron chi connectivity index (χ1n) is 8.89. The van der Waals surface area contributed by atoms with E-state index in [-0.39, 0.29) is 0 Å².